The normalized spacial score (nSPS) is 10.7. The van der Waals surface area contributed by atoms with Crippen molar-refractivity contribution in [2.24, 2.45) is 0 Å². The van der Waals surface area contributed by atoms with Crippen molar-refractivity contribution in [3.63, 3.8) is 0 Å². The lowest BCUT2D eigenvalue weighted by atomic mass is 10.1. The molecular formula is C17H19NO3S. The van der Waals surface area contributed by atoms with E-state index in [1.54, 1.807) is 6.92 Å². The zero-order valence-corrected chi connectivity index (χ0v) is 13.8. The predicted octanol–water partition coefficient (Wildman–Crippen LogP) is 3.47. The number of carbonyl (C=O) groups excluding carboxylic acids is 2. The first-order valence-electron chi connectivity index (χ1n) is 7.18. The van der Waals surface area contributed by atoms with E-state index in [4.69, 9.17) is 4.74 Å². The zero-order valence-electron chi connectivity index (χ0n) is 13.0. The molecule has 0 saturated heterocycles. The van der Waals surface area contributed by atoms with Crippen LogP contribution in [0.2, 0.25) is 0 Å². The van der Waals surface area contributed by atoms with Gasteiger partial charge >= 0.3 is 5.97 Å². The molecule has 2 aromatic rings. The van der Waals surface area contributed by atoms with Crippen LogP contribution in [0.5, 0.6) is 0 Å². The minimum absolute atomic E-state index is 0.144. The van der Waals surface area contributed by atoms with E-state index in [9.17, 15) is 9.59 Å². The lowest BCUT2D eigenvalue weighted by Crippen LogP contribution is -2.12. The Hall–Kier alpha value is -1.88. The number of thioether (sulfide) groups is 1. The Morgan fingerprint density at radius 1 is 1.23 bits per heavy atom. The number of Topliss-reactive ketones (excluding diaryl/α,β-unsaturated/α-hetero) is 1. The summed E-state index contributed by atoms with van der Waals surface area (Å²) in [7, 11) is 0. The highest BCUT2D eigenvalue weighted by molar-refractivity contribution is 8.00. The second-order valence-electron chi connectivity index (χ2n) is 5.07. The van der Waals surface area contributed by atoms with Crippen LogP contribution in [0.4, 0.5) is 0 Å². The molecule has 0 atom stereocenters. The number of aryl methyl sites for hydroxylation is 2. The van der Waals surface area contributed by atoms with Crippen LogP contribution >= 0.6 is 11.8 Å². The zero-order chi connectivity index (χ0) is 16.1. The topological polar surface area (TPSA) is 56.3 Å². The number of fused-ring (bicyclic) bond motifs is 1. The number of esters is 1. The lowest BCUT2D eigenvalue weighted by molar-refractivity contribution is -0.145. The number of ether oxygens (including phenoxy) is 1. The molecule has 1 heterocycles. The van der Waals surface area contributed by atoms with Crippen LogP contribution in [0, 0.1) is 13.8 Å². The van der Waals surface area contributed by atoms with Gasteiger partial charge in [0.05, 0.1) is 17.9 Å². The van der Waals surface area contributed by atoms with Gasteiger partial charge < -0.3 is 4.74 Å². The molecule has 0 amide bonds. The van der Waals surface area contributed by atoms with Gasteiger partial charge in [0.15, 0.2) is 5.78 Å². The fourth-order valence-electron chi connectivity index (χ4n) is 2.15. The first-order valence-corrected chi connectivity index (χ1v) is 8.17. The van der Waals surface area contributed by atoms with E-state index in [2.05, 4.69) is 11.1 Å². The first kappa shape index (κ1) is 16.5. The molecule has 0 aliphatic rings. The monoisotopic (exact) mass is 317 g/mol. The van der Waals surface area contributed by atoms with Crippen molar-refractivity contribution in [2.75, 3.05) is 12.4 Å². The molecule has 0 saturated carbocycles. The summed E-state index contributed by atoms with van der Waals surface area (Å²) in [6.07, 6.45) is -0.174. The Bertz CT molecular complexity index is 712. The maximum atomic E-state index is 11.8. The van der Waals surface area contributed by atoms with Gasteiger partial charge in [0, 0.05) is 5.39 Å². The quantitative estimate of drug-likeness (QED) is 0.464. The molecule has 22 heavy (non-hydrogen) atoms. The summed E-state index contributed by atoms with van der Waals surface area (Å²) in [6.45, 7) is 6.02. The number of pyridine rings is 1. The van der Waals surface area contributed by atoms with Crippen LogP contribution in [0.1, 0.15) is 24.5 Å². The summed E-state index contributed by atoms with van der Waals surface area (Å²) >= 11 is 1.37. The molecule has 116 valence electrons. The summed E-state index contributed by atoms with van der Waals surface area (Å²) in [4.78, 5) is 27.7. The molecule has 0 spiro atoms. The number of ketones is 1. The van der Waals surface area contributed by atoms with Crippen molar-refractivity contribution in [1.82, 2.24) is 4.98 Å². The number of benzene rings is 1. The number of rotatable bonds is 6. The number of hydrogen-bond acceptors (Lipinski definition) is 5. The van der Waals surface area contributed by atoms with E-state index in [1.165, 1.54) is 11.8 Å². The van der Waals surface area contributed by atoms with E-state index in [0.29, 0.717) is 6.61 Å². The summed E-state index contributed by atoms with van der Waals surface area (Å²) in [5, 5.41) is 1.93. The van der Waals surface area contributed by atoms with Gasteiger partial charge in [0.1, 0.15) is 11.4 Å². The molecule has 0 unspecified atom stereocenters. The second kappa shape index (κ2) is 7.40. The van der Waals surface area contributed by atoms with Crippen molar-refractivity contribution < 1.29 is 14.3 Å². The highest BCUT2D eigenvalue weighted by Crippen LogP contribution is 2.26. The van der Waals surface area contributed by atoms with Crippen molar-refractivity contribution in [2.45, 2.75) is 32.2 Å². The van der Waals surface area contributed by atoms with Crippen LogP contribution in [-0.4, -0.2) is 29.1 Å². The maximum Gasteiger partial charge on any atom is 0.313 e. The number of aromatic nitrogens is 1. The van der Waals surface area contributed by atoms with E-state index in [1.807, 2.05) is 32.0 Å². The van der Waals surface area contributed by atoms with Crippen LogP contribution in [0.3, 0.4) is 0 Å². The van der Waals surface area contributed by atoms with Crippen LogP contribution in [0.25, 0.3) is 10.9 Å². The molecule has 0 radical (unpaired) electrons. The average Bonchev–Trinajstić information content (AvgIpc) is 2.46. The highest BCUT2D eigenvalue weighted by Gasteiger charge is 2.13. The standard InChI is InChI=1S/C17H19NO3S/c1-4-21-15(20)9-14(19)10-22-17-12(3)8-13-7-5-6-11(2)16(13)18-17/h5-8H,4,9-10H2,1-3H3. The summed E-state index contributed by atoms with van der Waals surface area (Å²) < 4.78 is 4.78. The molecule has 1 aromatic heterocycles. The minimum Gasteiger partial charge on any atom is -0.466 e. The number of nitrogens with zero attached hydrogens (tertiary/aromatic N) is 1. The summed E-state index contributed by atoms with van der Waals surface area (Å²) in [5.41, 5.74) is 3.10. The SMILES string of the molecule is CCOC(=O)CC(=O)CSc1nc2c(C)cccc2cc1C. The van der Waals surface area contributed by atoms with Gasteiger partial charge in [-0.2, -0.15) is 0 Å². The maximum absolute atomic E-state index is 11.8. The minimum atomic E-state index is -0.466. The summed E-state index contributed by atoms with van der Waals surface area (Å²) in [5.74, 6) is -0.383. The highest BCUT2D eigenvalue weighted by atomic mass is 32.2. The number of para-hydroxylation sites is 1. The molecule has 0 fully saturated rings. The third-order valence-electron chi connectivity index (χ3n) is 3.21. The Balaban J connectivity index is 2.08. The molecule has 0 aliphatic carbocycles. The third-order valence-corrected chi connectivity index (χ3v) is 4.36. The molecule has 0 N–H and O–H groups in total. The van der Waals surface area contributed by atoms with Gasteiger partial charge in [0.2, 0.25) is 0 Å². The Morgan fingerprint density at radius 3 is 2.73 bits per heavy atom. The fraction of sp³-hybridized carbons (Fsp3) is 0.353. The van der Waals surface area contributed by atoms with E-state index in [-0.39, 0.29) is 18.0 Å². The number of carbonyl (C=O) groups is 2. The average molecular weight is 317 g/mol. The molecule has 1 aromatic carbocycles. The smallest absolute Gasteiger partial charge is 0.313 e. The van der Waals surface area contributed by atoms with E-state index < -0.39 is 5.97 Å². The van der Waals surface area contributed by atoms with Gasteiger partial charge in [-0.3, -0.25) is 9.59 Å². The van der Waals surface area contributed by atoms with Gasteiger partial charge in [-0.15, -0.1) is 0 Å². The second-order valence-corrected chi connectivity index (χ2v) is 6.03. The van der Waals surface area contributed by atoms with Crippen molar-refractivity contribution >= 4 is 34.4 Å². The molecule has 2 rings (SSSR count). The van der Waals surface area contributed by atoms with Gasteiger partial charge in [0.25, 0.3) is 0 Å². The molecule has 5 heteroatoms. The molecule has 0 bridgehead atoms. The van der Waals surface area contributed by atoms with E-state index >= 15 is 0 Å². The van der Waals surface area contributed by atoms with Crippen LogP contribution in [-0.2, 0) is 14.3 Å². The first-order chi connectivity index (χ1) is 10.5. The Kier molecular flexibility index (Phi) is 5.55. The largest absolute Gasteiger partial charge is 0.466 e. The summed E-state index contributed by atoms with van der Waals surface area (Å²) in [6, 6.07) is 8.13. The van der Waals surface area contributed by atoms with Gasteiger partial charge in [-0.1, -0.05) is 30.0 Å². The van der Waals surface area contributed by atoms with E-state index in [0.717, 1.165) is 27.1 Å². The van der Waals surface area contributed by atoms with Crippen LogP contribution < -0.4 is 0 Å². The fourth-order valence-corrected chi connectivity index (χ4v) is 3.00. The van der Waals surface area contributed by atoms with Crippen molar-refractivity contribution in [3.8, 4) is 0 Å². The lowest BCUT2D eigenvalue weighted by Gasteiger charge is -2.08. The van der Waals surface area contributed by atoms with Crippen molar-refractivity contribution in [1.29, 1.82) is 0 Å². The molecule has 4 nitrogen and oxygen atoms in total. The van der Waals surface area contributed by atoms with Crippen LogP contribution in [0.15, 0.2) is 29.3 Å². The molecule has 0 aliphatic heterocycles. The number of hydrogen-bond donors (Lipinski definition) is 0. The predicted molar refractivity (Wildman–Crippen MR) is 88.2 cm³/mol. The van der Waals surface area contributed by atoms with Gasteiger partial charge in [-0.05, 0) is 38.0 Å². The molecular weight excluding hydrogens is 298 g/mol. The third kappa shape index (κ3) is 4.07. The van der Waals surface area contributed by atoms with Crippen molar-refractivity contribution in [3.05, 3.63) is 35.4 Å². The van der Waals surface area contributed by atoms with Gasteiger partial charge in [-0.25, -0.2) is 4.98 Å². The Labute approximate surface area is 134 Å². The Morgan fingerprint density at radius 2 is 2.00 bits per heavy atom.